The van der Waals surface area contributed by atoms with E-state index >= 15 is 0 Å². The Hall–Kier alpha value is -0.990. The average molecular weight is 251 g/mol. The summed E-state index contributed by atoms with van der Waals surface area (Å²) in [5, 5.41) is 0.757. The van der Waals surface area contributed by atoms with Crippen molar-refractivity contribution in [1.82, 2.24) is 0 Å². The van der Waals surface area contributed by atoms with Crippen LogP contribution in [0, 0.1) is 0 Å². The molecule has 0 radical (unpaired) electrons. The molecular formula is C14H19ClN2. The molecule has 1 aliphatic carbocycles. The summed E-state index contributed by atoms with van der Waals surface area (Å²) in [6.45, 7) is 6.63. The second kappa shape index (κ2) is 5.11. The molecule has 0 amide bonds. The van der Waals surface area contributed by atoms with Gasteiger partial charge in [-0.05, 0) is 37.5 Å². The molecule has 2 N–H and O–H groups in total. The van der Waals surface area contributed by atoms with Gasteiger partial charge >= 0.3 is 0 Å². The van der Waals surface area contributed by atoms with Crippen LogP contribution in [-0.4, -0.2) is 12.6 Å². The number of benzene rings is 1. The molecule has 0 heterocycles. The van der Waals surface area contributed by atoms with Crippen LogP contribution in [0.4, 0.5) is 5.69 Å². The van der Waals surface area contributed by atoms with Gasteiger partial charge in [0.25, 0.3) is 0 Å². The number of rotatable bonds is 5. The molecule has 2 rings (SSSR count). The van der Waals surface area contributed by atoms with Gasteiger partial charge in [0.2, 0.25) is 0 Å². The van der Waals surface area contributed by atoms with E-state index in [2.05, 4.69) is 17.5 Å². The lowest BCUT2D eigenvalue weighted by Gasteiger charge is -2.24. The second-order valence-corrected chi connectivity index (χ2v) is 5.07. The van der Waals surface area contributed by atoms with Gasteiger partial charge in [0, 0.05) is 29.3 Å². The van der Waals surface area contributed by atoms with Gasteiger partial charge in [-0.25, -0.2) is 0 Å². The van der Waals surface area contributed by atoms with Crippen LogP contribution in [0.1, 0.15) is 31.4 Å². The van der Waals surface area contributed by atoms with Crippen molar-refractivity contribution in [3.05, 3.63) is 41.4 Å². The Morgan fingerprint density at radius 1 is 1.59 bits per heavy atom. The summed E-state index contributed by atoms with van der Waals surface area (Å²) >= 11 is 6.26. The van der Waals surface area contributed by atoms with Crippen molar-refractivity contribution in [3.8, 4) is 0 Å². The molecule has 1 fully saturated rings. The minimum Gasteiger partial charge on any atom is -0.365 e. The lowest BCUT2D eigenvalue weighted by atomic mass is 10.1. The van der Waals surface area contributed by atoms with E-state index in [1.165, 1.54) is 18.5 Å². The van der Waals surface area contributed by atoms with Crippen LogP contribution in [-0.2, 0) is 0 Å². The van der Waals surface area contributed by atoms with E-state index in [-0.39, 0.29) is 6.04 Å². The molecule has 1 aliphatic rings. The highest BCUT2D eigenvalue weighted by Crippen LogP contribution is 2.34. The van der Waals surface area contributed by atoms with E-state index in [1.54, 1.807) is 0 Å². The Morgan fingerprint density at radius 3 is 2.76 bits per heavy atom. The fourth-order valence-corrected chi connectivity index (χ4v) is 2.40. The summed E-state index contributed by atoms with van der Waals surface area (Å²) in [4.78, 5) is 2.35. The monoisotopic (exact) mass is 250 g/mol. The zero-order valence-electron chi connectivity index (χ0n) is 10.2. The van der Waals surface area contributed by atoms with Gasteiger partial charge in [0.05, 0.1) is 0 Å². The molecule has 1 unspecified atom stereocenters. The number of anilines is 1. The third kappa shape index (κ3) is 2.82. The van der Waals surface area contributed by atoms with Crippen molar-refractivity contribution in [1.29, 1.82) is 0 Å². The van der Waals surface area contributed by atoms with E-state index < -0.39 is 0 Å². The lowest BCUT2D eigenvalue weighted by Crippen LogP contribution is -2.25. The third-order valence-electron chi connectivity index (χ3n) is 3.12. The highest BCUT2D eigenvalue weighted by Gasteiger charge is 2.28. The van der Waals surface area contributed by atoms with E-state index in [9.17, 15) is 0 Å². The van der Waals surface area contributed by atoms with Crippen LogP contribution in [0.25, 0.3) is 0 Å². The lowest BCUT2D eigenvalue weighted by molar-refractivity contribution is 0.815. The van der Waals surface area contributed by atoms with Crippen molar-refractivity contribution >= 4 is 17.3 Å². The molecule has 0 spiro atoms. The van der Waals surface area contributed by atoms with Crippen LogP contribution in [0.3, 0.4) is 0 Å². The predicted molar refractivity (Wildman–Crippen MR) is 74.6 cm³/mol. The summed E-state index contributed by atoms with van der Waals surface area (Å²) in [7, 11) is 0. The fraction of sp³-hybridized carbons (Fsp3) is 0.429. The number of nitrogens with two attached hydrogens (primary N) is 1. The second-order valence-electron chi connectivity index (χ2n) is 4.67. The Morgan fingerprint density at radius 2 is 2.29 bits per heavy atom. The number of halogens is 1. The van der Waals surface area contributed by atoms with Crippen molar-refractivity contribution in [3.63, 3.8) is 0 Å². The molecule has 1 atom stereocenters. The molecule has 17 heavy (non-hydrogen) atoms. The van der Waals surface area contributed by atoms with E-state index in [0.29, 0.717) is 6.04 Å². The largest absolute Gasteiger partial charge is 0.365 e. The highest BCUT2D eigenvalue weighted by atomic mass is 35.5. The molecule has 2 nitrogen and oxygen atoms in total. The normalized spacial score (nSPS) is 16.6. The smallest absolute Gasteiger partial charge is 0.0474 e. The maximum atomic E-state index is 6.26. The van der Waals surface area contributed by atoms with Gasteiger partial charge in [0.1, 0.15) is 0 Å². The van der Waals surface area contributed by atoms with Crippen molar-refractivity contribution in [2.45, 2.75) is 31.8 Å². The van der Waals surface area contributed by atoms with Crippen molar-refractivity contribution in [2.24, 2.45) is 5.73 Å². The standard InChI is InChI=1S/C14H19ClN2/c1-3-8-17(11-4-5-11)12-6-7-13(10(2)16)14(15)9-12/h3,6-7,9-11H,1,4-5,8,16H2,2H3. The first-order valence-corrected chi connectivity index (χ1v) is 6.44. The maximum Gasteiger partial charge on any atom is 0.0474 e. The Bertz CT molecular complexity index is 411. The Labute approximate surface area is 108 Å². The summed E-state index contributed by atoms with van der Waals surface area (Å²) in [5.74, 6) is 0. The predicted octanol–water partition coefficient (Wildman–Crippen LogP) is 3.51. The zero-order chi connectivity index (χ0) is 12.4. The topological polar surface area (TPSA) is 29.3 Å². The van der Waals surface area contributed by atoms with Crippen LogP contribution in [0.5, 0.6) is 0 Å². The molecule has 1 saturated carbocycles. The molecule has 0 aromatic heterocycles. The first-order valence-electron chi connectivity index (χ1n) is 6.06. The highest BCUT2D eigenvalue weighted by molar-refractivity contribution is 6.31. The fourth-order valence-electron chi connectivity index (χ4n) is 2.05. The van der Waals surface area contributed by atoms with Gasteiger partial charge in [-0.3, -0.25) is 0 Å². The van der Waals surface area contributed by atoms with E-state index in [4.69, 9.17) is 17.3 Å². The quantitative estimate of drug-likeness (QED) is 0.811. The summed E-state index contributed by atoms with van der Waals surface area (Å²) in [5.41, 5.74) is 8.03. The van der Waals surface area contributed by atoms with Gasteiger partial charge in [0.15, 0.2) is 0 Å². The molecule has 0 bridgehead atoms. The van der Waals surface area contributed by atoms with Crippen LogP contribution in [0.15, 0.2) is 30.9 Å². The van der Waals surface area contributed by atoms with Crippen LogP contribution in [0.2, 0.25) is 5.02 Å². The first-order chi connectivity index (χ1) is 8.13. The summed E-state index contributed by atoms with van der Waals surface area (Å²) in [6.07, 6.45) is 4.46. The average Bonchev–Trinajstić information content (AvgIpc) is 3.09. The van der Waals surface area contributed by atoms with Crippen LogP contribution < -0.4 is 10.6 Å². The summed E-state index contributed by atoms with van der Waals surface area (Å²) < 4.78 is 0. The van der Waals surface area contributed by atoms with Gasteiger partial charge in [-0.1, -0.05) is 23.7 Å². The third-order valence-corrected chi connectivity index (χ3v) is 3.45. The SMILES string of the molecule is C=CCN(c1ccc(C(C)N)c(Cl)c1)C1CC1. The Kier molecular flexibility index (Phi) is 3.75. The van der Waals surface area contributed by atoms with E-state index in [0.717, 1.165) is 17.1 Å². The number of hydrogen-bond donors (Lipinski definition) is 1. The maximum absolute atomic E-state index is 6.26. The Balaban J connectivity index is 2.25. The number of nitrogens with zero attached hydrogens (tertiary/aromatic N) is 1. The minimum atomic E-state index is -0.0228. The molecule has 0 aliphatic heterocycles. The molecule has 92 valence electrons. The first kappa shape index (κ1) is 12.5. The van der Waals surface area contributed by atoms with Crippen molar-refractivity contribution < 1.29 is 0 Å². The molecular weight excluding hydrogens is 232 g/mol. The van der Waals surface area contributed by atoms with Gasteiger partial charge < -0.3 is 10.6 Å². The molecule has 1 aromatic carbocycles. The molecule has 3 heteroatoms. The molecule has 1 aromatic rings. The number of hydrogen-bond acceptors (Lipinski definition) is 2. The van der Waals surface area contributed by atoms with E-state index in [1.807, 2.05) is 25.1 Å². The van der Waals surface area contributed by atoms with Crippen molar-refractivity contribution in [2.75, 3.05) is 11.4 Å². The summed E-state index contributed by atoms with van der Waals surface area (Å²) in [6, 6.07) is 6.78. The minimum absolute atomic E-state index is 0.0228. The zero-order valence-corrected chi connectivity index (χ0v) is 11.0. The molecule has 0 saturated heterocycles. The van der Waals surface area contributed by atoms with Gasteiger partial charge in [-0.2, -0.15) is 0 Å². The van der Waals surface area contributed by atoms with Crippen LogP contribution >= 0.6 is 11.6 Å². The van der Waals surface area contributed by atoms with Gasteiger partial charge in [-0.15, -0.1) is 6.58 Å².